The molecule has 2 nitrogen and oxygen atoms in total. The van der Waals surface area contributed by atoms with Crippen LogP contribution in [0.4, 0.5) is 22.0 Å². The van der Waals surface area contributed by atoms with Crippen LogP contribution in [0.25, 0.3) is 0 Å². The lowest BCUT2D eigenvalue weighted by Gasteiger charge is -2.19. The molecule has 0 spiro atoms. The Morgan fingerprint density at radius 3 is 2.23 bits per heavy atom. The molecule has 0 fully saturated rings. The molecule has 0 aliphatic heterocycles. The third-order valence-electron chi connectivity index (χ3n) is 3.15. The van der Waals surface area contributed by atoms with E-state index in [0.717, 1.165) is 19.3 Å². The molecule has 0 bridgehead atoms. The number of hydrogen-bond acceptors (Lipinski definition) is 3. The van der Waals surface area contributed by atoms with Crippen LogP contribution in [0.15, 0.2) is 0 Å². The molecule has 1 unspecified atom stereocenters. The fraction of sp³-hybridized carbons (Fsp3) is 0.929. The monoisotopic (exact) mass is 350 g/mol. The van der Waals surface area contributed by atoms with E-state index in [9.17, 15) is 26.7 Å². The van der Waals surface area contributed by atoms with Crippen molar-refractivity contribution < 1.29 is 31.5 Å². The molecule has 0 saturated carbocycles. The highest BCUT2D eigenvalue weighted by Gasteiger charge is 2.56. The third kappa shape index (κ3) is 8.19. The summed E-state index contributed by atoms with van der Waals surface area (Å²) in [6, 6.07) is 0. The van der Waals surface area contributed by atoms with Crippen LogP contribution in [0.1, 0.15) is 51.9 Å². The Kier molecular flexibility index (Phi) is 10.0. The number of methoxy groups -OCH3 is 1. The molecule has 0 heterocycles. The zero-order valence-electron chi connectivity index (χ0n) is 12.8. The predicted octanol–water partition coefficient (Wildman–Crippen LogP) is 5.21. The van der Waals surface area contributed by atoms with Gasteiger partial charge >= 0.3 is 18.1 Å². The van der Waals surface area contributed by atoms with Crippen LogP contribution in [-0.2, 0) is 9.53 Å². The molecule has 8 heteroatoms. The summed E-state index contributed by atoms with van der Waals surface area (Å²) in [4.78, 5) is 11.5. The van der Waals surface area contributed by atoms with Crippen molar-refractivity contribution >= 4 is 17.7 Å². The highest BCUT2D eigenvalue weighted by molar-refractivity contribution is 8.00. The molecule has 0 aromatic heterocycles. The van der Waals surface area contributed by atoms with Crippen LogP contribution in [0.3, 0.4) is 0 Å². The lowest BCUT2D eigenvalue weighted by molar-refractivity contribution is -0.284. The molecule has 0 rings (SSSR count). The van der Waals surface area contributed by atoms with Gasteiger partial charge < -0.3 is 4.74 Å². The third-order valence-corrected chi connectivity index (χ3v) is 4.51. The van der Waals surface area contributed by atoms with Crippen LogP contribution in [0, 0.1) is 0 Å². The minimum absolute atomic E-state index is 0.206. The van der Waals surface area contributed by atoms with Gasteiger partial charge in [-0.25, -0.2) is 0 Å². The normalized spacial score (nSPS) is 14.0. The first-order valence-electron chi connectivity index (χ1n) is 7.29. The smallest absolute Gasteiger partial charge is 0.453 e. The predicted molar refractivity (Wildman–Crippen MR) is 77.3 cm³/mol. The number of carbonyl (C=O) groups is 1. The van der Waals surface area contributed by atoms with Crippen molar-refractivity contribution in [1.29, 1.82) is 0 Å². The first kappa shape index (κ1) is 21.5. The molecule has 0 N–H and O–H groups in total. The van der Waals surface area contributed by atoms with Gasteiger partial charge in [-0.1, -0.05) is 26.2 Å². The molecule has 0 aliphatic rings. The first-order valence-corrected chi connectivity index (χ1v) is 8.34. The van der Waals surface area contributed by atoms with Gasteiger partial charge in [0.1, 0.15) is 5.25 Å². The zero-order chi connectivity index (χ0) is 17.2. The molecule has 0 aromatic rings. The van der Waals surface area contributed by atoms with Gasteiger partial charge in [0.25, 0.3) is 0 Å². The lowest BCUT2D eigenvalue weighted by atomic mass is 10.1. The van der Waals surface area contributed by atoms with E-state index in [0.29, 0.717) is 12.2 Å². The summed E-state index contributed by atoms with van der Waals surface area (Å²) >= 11 is 1.26. The van der Waals surface area contributed by atoms with E-state index in [1.54, 1.807) is 0 Å². The van der Waals surface area contributed by atoms with E-state index < -0.39 is 18.5 Å². The minimum atomic E-state index is -5.49. The number of rotatable bonds is 11. The summed E-state index contributed by atoms with van der Waals surface area (Å²) in [7, 11) is 1.28. The number of ether oxygens (including phenoxy) is 1. The molecule has 0 amide bonds. The van der Waals surface area contributed by atoms with Gasteiger partial charge in [-0.2, -0.15) is 22.0 Å². The molecule has 0 aromatic carbocycles. The molecule has 0 saturated heterocycles. The molecule has 0 aliphatic carbocycles. The van der Waals surface area contributed by atoms with Gasteiger partial charge in [0.2, 0.25) is 0 Å². The summed E-state index contributed by atoms with van der Waals surface area (Å²) in [5.74, 6) is -4.65. The Hall–Kier alpha value is -0.530. The van der Waals surface area contributed by atoms with Gasteiger partial charge in [-0.3, -0.25) is 4.79 Å². The Bertz CT molecular complexity index is 321. The largest absolute Gasteiger partial charge is 0.468 e. The number of esters is 1. The van der Waals surface area contributed by atoms with Crippen LogP contribution in [-0.4, -0.2) is 36.2 Å². The standard InChI is InChI=1S/C14H23F5O2S/c1-3-4-5-8-11(12(20)21-2)22-10-7-6-9-13(15,16)14(17,18)19/h11H,3-10H2,1-2H3. The number of alkyl halides is 5. The first-order chi connectivity index (χ1) is 10.2. The van der Waals surface area contributed by atoms with Crippen LogP contribution in [0.5, 0.6) is 0 Å². The van der Waals surface area contributed by atoms with Crippen molar-refractivity contribution in [2.45, 2.75) is 69.2 Å². The summed E-state index contributed by atoms with van der Waals surface area (Å²) in [5, 5.41) is -0.375. The summed E-state index contributed by atoms with van der Waals surface area (Å²) < 4.78 is 66.0. The Labute approximate surface area is 132 Å². The second kappa shape index (κ2) is 10.3. The Morgan fingerprint density at radius 1 is 1.09 bits per heavy atom. The topological polar surface area (TPSA) is 26.3 Å². The van der Waals surface area contributed by atoms with Crippen LogP contribution < -0.4 is 0 Å². The number of hydrogen-bond donors (Lipinski definition) is 0. The molecular formula is C14H23F5O2S. The molecule has 0 radical (unpaired) electrons. The van der Waals surface area contributed by atoms with E-state index in [1.807, 2.05) is 6.92 Å². The van der Waals surface area contributed by atoms with Crippen molar-refractivity contribution in [3.63, 3.8) is 0 Å². The quantitative estimate of drug-likeness (QED) is 0.291. The fourth-order valence-electron chi connectivity index (χ4n) is 1.80. The summed E-state index contributed by atoms with van der Waals surface area (Å²) in [5.41, 5.74) is 0. The fourth-order valence-corrected chi connectivity index (χ4v) is 3.02. The molecule has 22 heavy (non-hydrogen) atoms. The van der Waals surface area contributed by atoms with E-state index in [2.05, 4.69) is 4.74 Å². The van der Waals surface area contributed by atoms with Gasteiger partial charge in [0, 0.05) is 6.42 Å². The van der Waals surface area contributed by atoms with E-state index in [4.69, 9.17) is 0 Å². The van der Waals surface area contributed by atoms with E-state index in [-0.39, 0.29) is 24.1 Å². The molecule has 1 atom stereocenters. The maximum atomic E-state index is 12.7. The average Bonchev–Trinajstić information content (AvgIpc) is 2.43. The van der Waals surface area contributed by atoms with Gasteiger partial charge in [0.15, 0.2) is 0 Å². The highest BCUT2D eigenvalue weighted by Crippen LogP contribution is 2.39. The van der Waals surface area contributed by atoms with Crippen molar-refractivity contribution in [2.24, 2.45) is 0 Å². The SMILES string of the molecule is CCCCCC(SCCCCC(F)(F)C(F)(F)F)C(=O)OC. The molecular weight excluding hydrogens is 327 g/mol. The number of unbranched alkanes of at least 4 members (excludes halogenated alkanes) is 3. The Morgan fingerprint density at radius 2 is 1.73 bits per heavy atom. The lowest BCUT2D eigenvalue weighted by Crippen LogP contribution is -2.36. The second-order valence-corrected chi connectivity index (χ2v) is 6.35. The number of carbonyl (C=O) groups excluding carboxylic acids is 1. The van der Waals surface area contributed by atoms with Crippen LogP contribution >= 0.6 is 11.8 Å². The average molecular weight is 350 g/mol. The zero-order valence-corrected chi connectivity index (χ0v) is 13.7. The van der Waals surface area contributed by atoms with Crippen molar-refractivity contribution in [2.75, 3.05) is 12.9 Å². The molecule has 132 valence electrons. The van der Waals surface area contributed by atoms with Crippen molar-refractivity contribution in [3.05, 3.63) is 0 Å². The van der Waals surface area contributed by atoms with Gasteiger partial charge in [-0.15, -0.1) is 11.8 Å². The maximum Gasteiger partial charge on any atom is 0.453 e. The number of halogens is 5. The van der Waals surface area contributed by atoms with E-state index >= 15 is 0 Å². The van der Waals surface area contributed by atoms with Gasteiger partial charge in [-0.05, 0) is 25.0 Å². The van der Waals surface area contributed by atoms with Crippen LogP contribution in [0.2, 0.25) is 0 Å². The Balaban J connectivity index is 4.05. The van der Waals surface area contributed by atoms with E-state index in [1.165, 1.54) is 18.9 Å². The van der Waals surface area contributed by atoms with Crippen molar-refractivity contribution in [1.82, 2.24) is 0 Å². The van der Waals surface area contributed by atoms with Crippen molar-refractivity contribution in [3.8, 4) is 0 Å². The maximum absolute atomic E-state index is 12.7. The summed E-state index contributed by atoms with van der Waals surface area (Å²) in [6.07, 6.45) is -3.26. The number of thioether (sulfide) groups is 1. The summed E-state index contributed by atoms with van der Waals surface area (Å²) in [6.45, 7) is 2.03. The minimum Gasteiger partial charge on any atom is -0.468 e. The highest BCUT2D eigenvalue weighted by atomic mass is 32.2. The van der Waals surface area contributed by atoms with Gasteiger partial charge in [0.05, 0.1) is 7.11 Å². The second-order valence-electron chi connectivity index (χ2n) is 5.04.